The maximum atomic E-state index is 12.4. The van der Waals surface area contributed by atoms with Crippen molar-refractivity contribution < 1.29 is 14.6 Å². The van der Waals surface area contributed by atoms with Gasteiger partial charge in [0.15, 0.2) is 0 Å². The Kier molecular flexibility index (Phi) is 3.93. The Labute approximate surface area is 105 Å². The Morgan fingerprint density at radius 2 is 2.44 bits per heavy atom. The van der Waals surface area contributed by atoms with Gasteiger partial charge in [-0.2, -0.15) is 5.10 Å². The van der Waals surface area contributed by atoms with Crippen molar-refractivity contribution in [3.8, 4) is 0 Å². The number of amides is 1. The SMILES string of the molecule is CC1COC(CO)CN1C(=O)C(C)n1cncn1. The van der Waals surface area contributed by atoms with Crippen LogP contribution in [0.2, 0.25) is 0 Å². The number of morpholine rings is 1. The van der Waals surface area contributed by atoms with Crippen LogP contribution in [0.5, 0.6) is 0 Å². The van der Waals surface area contributed by atoms with Gasteiger partial charge in [-0.1, -0.05) is 0 Å². The number of hydrogen-bond acceptors (Lipinski definition) is 5. The third-order valence-corrected chi connectivity index (χ3v) is 3.18. The zero-order valence-electron chi connectivity index (χ0n) is 10.6. The van der Waals surface area contributed by atoms with E-state index >= 15 is 0 Å². The molecule has 18 heavy (non-hydrogen) atoms. The molecule has 0 saturated carbocycles. The highest BCUT2D eigenvalue weighted by Crippen LogP contribution is 2.16. The van der Waals surface area contributed by atoms with E-state index in [9.17, 15) is 4.79 Å². The summed E-state index contributed by atoms with van der Waals surface area (Å²) in [6.07, 6.45) is 2.63. The Balaban J connectivity index is 2.07. The topological polar surface area (TPSA) is 80.5 Å². The molecule has 2 rings (SSSR count). The lowest BCUT2D eigenvalue weighted by Gasteiger charge is -2.38. The number of ether oxygens (including phenoxy) is 1. The standard InChI is InChI=1S/C11H18N4O3/c1-8-5-18-10(4-16)3-14(8)11(17)9(2)15-7-12-6-13-15/h6-10,16H,3-5H2,1-2H3. The van der Waals surface area contributed by atoms with Crippen LogP contribution in [-0.4, -0.2) is 62.6 Å². The number of aliphatic hydroxyl groups is 1. The second-order valence-electron chi connectivity index (χ2n) is 4.53. The van der Waals surface area contributed by atoms with Gasteiger partial charge in [0.05, 0.1) is 25.4 Å². The lowest BCUT2D eigenvalue weighted by molar-refractivity contribution is -0.149. The number of hydrogen-bond donors (Lipinski definition) is 1. The van der Waals surface area contributed by atoms with Crippen molar-refractivity contribution in [2.75, 3.05) is 19.8 Å². The van der Waals surface area contributed by atoms with Crippen molar-refractivity contribution >= 4 is 5.91 Å². The molecule has 1 fully saturated rings. The molecule has 3 unspecified atom stereocenters. The van der Waals surface area contributed by atoms with E-state index < -0.39 is 6.04 Å². The van der Waals surface area contributed by atoms with Gasteiger partial charge in [-0.15, -0.1) is 0 Å². The summed E-state index contributed by atoms with van der Waals surface area (Å²) in [4.78, 5) is 17.9. The van der Waals surface area contributed by atoms with Gasteiger partial charge in [-0.05, 0) is 13.8 Å². The van der Waals surface area contributed by atoms with Crippen LogP contribution >= 0.6 is 0 Å². The average Bonchev–Trinajstić information content (AvgIpc) is 2.91. The van der Waals surface area contributed by atoms with Crippen molar-refractivity contribution in [2.45, 2.75) is 32.0 Å². The summed E-state index contributed by atoms with van der Waals surface area (Å²) in [6, 6.07) is -0.390. The van der Waals surface area contributed by atoms with Gasteiger partial charge in [0.2, 0.25) is 5.91 Å². The van der Waals surface area contributed by atoms with Crippen molar-refractivity contribution in [1.82, 2.24) is 19.7 Å². The van der Waals surface area contributed by atoms with Crippen LogP contribution in [-0.2, 0) is 9.53 Å². The third-order valence-electron chi connectivity index (χ3n) is 3.18. The second kappa shape index (κ2) is 5.45. The van der Waals surface area contributed by atoms with E-state index in [1.54, 1.807) is 11.8 Å². The van der Waals surface area contributed by atoms with Gasteiger partial charge >= 0.3 is 0 Å². The Hall–Kier alpha value is -1.47. The number of aliphatic hydroxyl groups excluding tert-OH is 1. The molecule has 1 aromatic heterocycles. The van der Waals surface area contributed by atoms with E-state index in [-0.39, 0.29) is 24.7 Å². The lowest BCUT2D eigenvalue weighted by atomic mass is 10.1. The zero-order valence-corrected chi connectivity index (χ0v) is 10.6. The summed E-state index contributed by atoms with van der Waals surface area (Å²) in [5.41, 5.74) is 0. The number of nitrogens with zero attached hydrogens (tertiary/aromatic N) is 4. The molecular formula is C11H18N4O3. The highest BCUT2D eigenvalue weighted by atomic mass is 16.5. The van der Waals surface area contributed by atoms with Gasteiger partial charge in [0.25, 0.3) is 0 Å². The van der Waals surface area contributed by atoms with E-state index in [2.05, 4.69) is 10.1 Å². The van der Waals surface area contributed by atoms with Crippen molar-refractivity contribution in [3.63, 3.8) is 0 Å². The second-order valence-corrected chi connectivity index (χ2v) is 4.53. The minimum atomic E-state index is -0.396. The fraction of sp³-hybridized carbons (Fsp3) is 0.727. The number of carbonyl (C=O) groups is 1. The van der Waals surface area contributed by atoms with Crippen LogP contribution in [0.3, 0.4) is 0 Å². The maximum Gasteiger partial charge on any atom is 0.247 e. The predicted molar refractivity (Wildman–Crippen MR) is 62.7 cm³/mol. The quantitative estimate of drug-likeness (QED) is 0.782. The molecule has 3 atom stereocenters. The summed E-state index contributed by atoms with van der Waals surface area (Å²) in [6.45, 7) is 4.50. The molecule has 0 radical (unpaired) electrons. The highest BCUT2D eigenvalue weighted by Gasteiger charge is 2.32. The molecule has 0 spiro atoms. The largest absolute Gasteiger partial charge is 0.394 e. The molecule has 7 nitrogen and oxygen atoms in total. The third kappa shape index (κ3) is 2.51. The summed E-state index contributed by atoms with van der Waals surface area (Å²) >= 11 is 0. The van der Waals surface area contributed by atoms with E-state index in [4.69, 9.17) is 9.84 Å². The fourth-order valence-electron chi connectivity index (χ4n) is 2.01. The average molecular weight is 254 g/mol. The lowest BCUT2D eigenvalue weighted by Crippen LogP contribution is -2.53. The first-order valence-corrected chi connectivity index (χ1v) is 6.00. The molecule has 0 bridgehead atoms. The molecule has 1 aliphatic rings. The van der Waals surface area contributed by atoms with E-state index in [0.29, 0.717) is 13.2 Å². The predicted octanol–water partition coefficient (Wildman–Crippen LogP) is -0.553. The molecule has 1 amide bonds. The Bertz CT molecular complexity index is 395. The fourth-order valence-corrected chi connectivity index (χ4v) is 2.01. The van der Waals surface area contributed by atoms with Crippen LogP contribution < -0.4 is 0 Å². The van der Waals surface area contributed by atoms with Gasteiger partial charge in [0, 0.05) is 6.54 Å². The van der Waals surface area contributed by atoms with Crippen molar-refractivity contribution in [1.29, 1.82) is 0 Å². The van der Waals surface area contributed by atoms with Gasteiger partial charge in [-0.25, -0.2) is 9.67 Å². The highest BCUT2D eigenvalue weighted by molar-refractivity contribution is 5.80. The molecule has 1 saturated heterocycles. The summed E-state index contributed by atoms with van der Waals surface area (Å²) in [7, 11) is 0. The molecule has 0 aromatic carbocycles. The zero-order chi connectivity index (χ0) is 13.1. The van der Waals surface area contributed by atoms with Crippen LogP contribution in [0, 0.1) is 0 Å². The molecule has 1 aliphatic heterocycles. The first kappa shape index (κ1) is 13.0. The summed E-state index contributed by atoms with van der Waals surface area (Å²) in [5, 5.41) is 13.1. The number of carbonyl (C=O) groups excluding carboxylic acids is 1. The minimum absolute atomic E-state index is 0.00581. The first-order valence-electron chi connectivity index (χ1n) is 6.00. The molecular weight excluding hydrogens is 236 g/mol. The van der Waals surface area contributed by atoms with Crippen LogP contribution in [0.15, 0.2) is 12.7 Å². The Morgan fingerprint density at radius 1 is 1.67 bits per heavy atom. The van der Waals surface area contributed by atoms with E-state index in [1.165, 1.54) is 17.3 Å². The summed E-state index contributed by atoms with van der Waals surface area (Å²) in [5.74, 6) is -0.0326. The van der Waals surface area contributed by atoms with Crippen LogP contribution in [0.25, 0.3) is 0 Å². The van der Waals surface area contributed by atoms with Gasteiger partial charge < -0.3 is 14.7 Å². The van der Waals surface area contributed by atoms with E-state index in [1.807, 2.05) is 6.92 Å². The monoisotopic (exact) mass is 254 g/mol. The smallest absolute Gasteiger partial charge is 0.247 e. The van der Waals surface area contributed by atoms with Crippen molar-refractivity contribution in [3.05, 3.63) is 12.7 Å². The molecule has 7 heteroatoms. The number of aromatic nitrogens is 3. The summed E-state index contributed by atoms with van der Waals surface area (Å²) < 4.78 is 6.94. The molecule has 1 aromatic rings. The van der Waals surface area contributed by atoms with Gasteiger partial charge in [0.1, 0.15) is 18.7 Å². The van der Waals surface area contributed by atoms with Crippen LogP contribution in [0.4, 0.5) is 0 Å². The maximum absolute atomic E-state index is 12.4. The number of rotatable bonds is 3. The van der Waals surface area contributed by atoms with Gasteiger partial charge in [-0.3, -0.25) is 4.79 Å². The normalized spacial score (nSPS) is 26.1. The Morgan fingerprint density at radius 3 is 3.06 bits per heavy atom. The minimum Gasteiger partial charge on any atom is -0.394 e. The van der Waals surface area contributed by atoms with Crippen molar-refractivity contribution in [2.24, 2.45) is 0 Å². The molecule has 100 valence electrons. The van der Waals surface area contributed by atoms with Crippen LogP contribution in [0.1, 0.15) is 19.9 Å². The van der Waals surface area contributed by atoms with E-state index in [0.717, 1.165) is 0 Å². The molecule has 0 aliphatic carbocycles. The molecule has 2 heterocycles. The molecule has 1 N–H and O–H groups in total. The first-order chi connectivity index (χ1) is 8.63.